The van der Waals surface area contributed by atoms with Crippen molar-refractivity contribution in [3.63, 3.8) is 0 Å². The van der Waals surface area contributed by atoms with Crippen LogP contribution in [0.5, 0.6) is 0 Å². The number of rotatable bonds is 4. The molecule has 0 radical (unpaired) electrons. The van der Waals surface area contributed by atoms with Crippen molar-refractivity contribution < 1.29 is 9.59 Å². The second-order valence-corrected chi connectivity index (χ2v) is 7.95. The van der Waals surface area contributed by atoms with Crippen molar-refractivity contribution in [2.75, 3.05) is 13.1 Å². The van der Waals surface area contributed by atoms with E-state index >= 15 is 0 Å². The first-order valence-corrected chi connectivity index (χ1v) is 10.3. The largest absolute Gasteiger partial charge is 0.366 e. The Balaban J connectivity index is 1.64. The van der Waals surface area contributed by atoms with Crippen LogP contribution in [0.1, 0.15) is 50.2 Å². The number of primary amides is 1. The van der Waals surface area contributed by atoms with Gasteiger partial charge in [0.2, 0.25) is 5.91 Å². The van der Waals surface area contributed by atoms with Crippen LogP contribution in [0.2, 0.25) is 0 Å². The number of thiazole rings is 1. The lowest BCUT2D eigenvalue weighted by molar-refractivity contribution is 0.0709. The molecule has 0 saturated carbocycles. The molecular formula is C21H21N5O2S. The predicted octanol–water partition coefficient (Wildman–Crippen LogP) is 3.03. The third-order valence-corrected chi connectivity index (χ3v) is 6.10. The number of carbonyl (C=O) groups is 2. The van der Waals surface area contributed by atoms with E-state index in [1.807, 2.05) is 17.9 Å². The highest BCUT2D eigenvalue weighted by Gasteiger charge is 2.29. The summed E-state index contributed by atoms with van der Waals surface area (Å²) in [5.41, 5.74) is 10.7. The van der Waals surface area contributed by atoms with Crippen molar-refractivity contribution in [2.45, 2.75) is 25.7 Å². The number of carbonyl (C=O) groups excluding carboxylic acids is 2. The number of nitrogens with zero attached hydrogens (tertiary/aromatic N) is 4. The molecule has 8 heteroatoms. The van der Waals surface area contributed by atoms with E-state index in [1.165, 1.54) is 11.3 Å². The molecule has 1 aromatic carbocycles. The van der Waals surface area contributed by atoms with Crippen molar-refractivity contribution in [2.24, 2.45) is 5.73 Å². The van der Waals surface area contributed by atoms with Gasteiger partial charge in [-0.3, -0.25) is 19.6 Å². The van der Waals surface area contributed by atoms with Gasteiger partial charge in [0, 0.05) is 42.5 Å². The summed E-state index contributed by atoms with van der Waals surface area (Å²) in [7, 11) is 0. The zero-order chi connectivity index (χ0) is 20.4. The summed E-state index contributed by atoms with van der Waals surface area (Å²) in [6, 6.07) is 7.10. The summed E-state index contributed by atoms with van der Waals surface area (Å²) in [5.74, 6) is -0.385. The van der Waals surface area contributed by atoms with Crippen LogP contribution in [-0.2, 0) is 0 Å². The summed E-state index contributed by atoms with van der Waals surface area (Å²) in [4.78, 5) is 40.4. The Labute approximate surface area is 172 Å². The summed E-state index contributed by atoms with van der Waals surface area (Å²) in [6.45, 7) is 3.16. The molecule has 7 nitrogen and oxygen atoms in total. The first-order chi connectivity index (χ1) is 14.0. The summed E-state index contributed by atoms with van der Waals surface area (Å²) >= 11 is 1.38. The van der Waals surface area contributed by atoms with Gasteiger partial charge in [0.25, 0.3) is 5.91 Å². The van der Waals surface area contributed by atoms with Crippen LogP contribution in [0, 0.1) is 6.92 Å². The van der Waals surface area contributed by atoms with E-state index < -0.39 is 5.91 Å². The van der Waals surface area contributed by atoms with Crippen molar-refractivity contribution in [3.8, 4) is 11.3 Å². The minimum absolute atomic E-state index is 0.0240. The average Bonchev–Trinajstić information content (AvgIpc) is 3.19. The number of benzene rings is 1. The third-order valence-electron chi connectivity index (χ3n) is 5.18. The highest BCUT2D eigenvalue weighted by atomic mass is 32.1. The van der Waals surface area contributed by atoms with E-state index in [9.17, 15) is 9.59 Å². The second-order valence-electron chi connectivity index (χ2n) is 7.09. The summed E-state index contributed by atoms with van der Waals surface area (Å²) < 4.78 is 0. The number of likely N-dealkylation sites (tertiary alicyclic amines) is 1. The Morgan fingerprint density at radius 3 is 2.79 bits per heavy atom. The highest BCUT2D eigenvalue weighted by Crippen LogP contribution is 2.33. The third kappa shape index (κ3) is 3.88. The molecule has 2 aromatic heterocycles. The smallest absolute Gasteiger partial charge is 0.265 e. The minimum Gasteiger partial charge on any atom is -0.366 e. The lowest BCUT2D eigenvalue weighted by atomic mass is 9.91. The van der Waals surface area contributed by atoms with Crippen molar-refractivity contribution >= 4 is 23.2 Å². The quantitative estimate of drug-likeness (QED) is 0.716. The summed E-state index contributed by atoms with van der Waals surface area (Å²) in [5, 5.41) is 0. The Bertz CT molecular complexity index is 1060. The maximum absolute atomic E-state index is 12.9. The number of amides is 2. The Morgan fingerprint density at radius 1 is 1.21 bits per heavy atom. The molecular weight excluding hydrogens is 386 g/mol. The zero-order valence-electron chi connectivity index (χ0n) is 16.0. The predicted molar refractivity (Wildman–Crippen MR) is 111 cm³/mol. The van der Waals surface area contributed by atoms with E-state index in [-0.39, 0.29) is 11.8 Å². The van der Waals surface area contributed by atoms with Gasteiger partial charge in [-0.1, -0.05) is 12.1 Å². The molecule has 0 aliphatic carbocycles. The van der Waals surface area contributed by atoms with Gasteiger partial charge in [-0.25, -0.2) is 4.98 Å². The van der Waals surface area contributed by atoms with Crippen molar-refractivity contribution in [1.29, 1.82) is 0 Å². The van der Waals surface area contributed by atoms with Crippen LogP contribution in [0.3, 0.4) is 0 Å². The van der Waals surface area contributed by atoms with Gasteiger partial charge in [-0.05, 0) is 31.9 Å². The first kappa shape index (κ1) is 19.2. The fourth-order valence-electron chi connectivity index (χ4n) is 3.73. The molecule has 3 heterocycles. The topological polar surface area (TPSA) is 102 Å². The number of hydrogen-bond donors (Lipinski definition) is 1. The van der Waals surface area contributed by atoms with E-state index in [2.05, 4.69) is 15.0 Å². The van der Waals surface area contributed by atoms with Crippen LogP contribution < -0.4 is 5.73 Å². The summed E-state index contributed by atoms with van der Waals surface area (Å²) in [6.07, 6.45) is 5.13. The standard InChI is InChI=1S/C21H21N5O2S/c1-13-19(29-12-25-13)21(28)26-9-3-6-16(11-26)18-17(23-7-8-24-18)14-4-2-5-15(10-14)20(22)27/h2,4-5,7-8,10,12,16H,3,6,9,11H2,1H3,(H2,22,27)/t16-/m0/s1. The van der Waals surface area contributed by atoms with Crippen LogP contribution >= 0.6 is 11.3 Å². The molecule has 2 N–H and O–H groups in total. The van der Waals surface area contributed by atoms with Crippen LogP contribution in [0.25, 0.3) is 11.3 Å². The second kappa shape index (κ2) is 8.08. The first-order valence-electron chi connectivity index (χ1n) is 9.45. The van der Waals surface area contributed by atoms with Gasteiger partial charge in [0.05, 0.1) is 22.6 Å². The lowest BCUT2D eigenvalue weighted by Crippen LogP contribution is -2.39. The molecule has 0 unspecified atom stereocenters. The average molecular weight is 407 g/mol. The monoisotopic (exact) mass is 407 g/mol. The molecule has 1 aliphatic rings. The zero-order valence-corrected chi connectivity index (χ0v) is 16.9. The SMILES string of the molecule is Cc1ncsc1C(=O)N1CCC[C@H](c2nccnc2-c2cccc(C(N)=O)c2)C1. The highest BCUT2D eigenvalue weighted by molar-refractivity contribution is 7.11. The fraction of sp³-hybridized carbons (Fsp3) is 0.286. The molecule has 1 aliphatic heterocycles. The number of aromatic nitrogens is 3. The molecule has 1 fully saturated rings. The number of aryl methyl sites for hydroxylation is 1. The minimum atomic E-state index is -0.480. The Hall–Kier alpha value is -3.13. The van der Waals surface area contributed by atoms with Crippen LogP contribution in [0.4, 0.5) is 0 Å². The maximum Gasteiger partial charge on any atom is 0.265 e. The van der Waals surface area contributed by atoms with Crippen molar-refractivity contribution in [3.05, 3.63) is 64.0 Å². The molecule has 148 valence electrons. The van der Waals surface area contributed by atoms with Crippen LogP contribution in [0.15, 0.2) is 42.2 Å². The Kier molecular flexibility index (Phi) is 5.35. The van der Waals surface area contributed by atoms with E-state index in [1.54, 1.807) is 36.1 Å². The number of piperidine rings is 1. The molecule has 1 saturated heterocycles. The van der Waals surface area contributed by atoms with Gasteiger partial charge >= 0.3 is 0 Å². The number of hydrogen-bond acceptors (Lipinski definition) is 6. The van der Waals surface area contributed by atoms with Gasteiger partial charge in [0.1, 0.15) is 4.88 Å². The van der Waals surface area contributed by atoms with Gasteiger partial charge in [-0.15, -0.1) is 11.3 Å². The lowest BCUT2D eigenvalue weighted by Gasteiger charge is -2.33. The van der Waals surface area contributed by atoms with Gasteiger partial charge < -0.3 is 10.6 Å². The molecule has 1 atom stereocenters. The molecule has 0 spiro atoms. The van der Waals surface area contributed by atoms with Gasteiger partial charge in [-0.2, -0.15) is 0 Å². The Morgan fingerprint density at radius 2 is 2.03 bits per heavy atom. The van der Waals surface area contributed by atoms with E-state index in [4.69, 9.17) is 5.73 Å². The maximum atomic E-state index is 12.9. The molecule has 3 aromatic rings. The molecule has 0 bridgehead atoms. The fourth-order valence-corrected chi connectivity index (χ4v) is 4.49. The van der Waals surface area contributed by atoms with Gasteiger partial charge in [0.15, 0.2) is 0 Å². The molecule has 29 heavy (non-hydrogen) atoms. The number of nitrogens with two attached hydrogens (primary N) is 1. The van der Waals surface area contributed by atoms with Crippen molar-refractivity contribution in [1.82, 2.24) is 19.9 Å². The normalized spacial score (nSPS) is 16.6. The molecule has 2 amide bonds. The molecule has 4 rings (SSSR count). The van der Waals surface area contributed by atoms with E-state index in [0.29, 0.717) is 17.0 Å². The van der Waals surface area contributed by atoms with Crippen LogP contribution in [-0.4, -0.2) is 44.8 Å². The van der Waals surface area contributed by atoms with E-state index in [0.717, 1.165) is 42.0 Å².